The number of carbonyl (C=O) groups is 1. The molecule has 0 unspecified atom stereocenters. The Morgan fingerprint density at radius 3 is 2.45 bits per heavy atom. The molecular weight excluding hydrogens is 168 g/mol. The quantitative estimate of drug-likeness (QED) is 0.588. The van der Waals surface area contributed by atoms with Gasteiger partial charge in [-0.05, 0) is 6.92 Å². The van der Waals surface area contributed by atoms with Crippen LogP contribution in [0.2, 0.25) is 5.02 Å². The number of halogens is 1. The highest BCUT2D eigenvalue weighted by Gasteiger charge is 2.10. The van der Waals surface area contributed by atoms with E-state index in [4.69, 9.17) is 11.6 Å². The highest BCUT2D eigenvalue weighted by Crippen LogP contribution is 2.17. The molecule has 0 atom stereocenters. The normalized spacial score (nSPS) is 10.1. The van der Waals surface area contributed by atoms with E-state index in [0.717, 1.165) is 0 Å². The van der Waals surface area contributed by atoms with Gasteiger partial charge in [-0.2, -0.15) is 5.10 Å². The molecule has 1 aromatic heterocycles. The Morgan fingerprint density at radius 2 is 2.27 bits per heavy atom. The van der Waals surface area contributed by atoms with Gasteiger partial charge in [0.25, 0.3) is 0 Å². The lowest BCUT2D eigenvalue weighted by Gasteiger charge is -1.94. The zero-order valence-corrected chi connectivity index (χ0v) is 6.84. The number of aromatic carboxylic acids is 1. The molecule has 11 heavy (non-hydrogen) atoms. The van der Waals surface area contributed by atoms with E-state index in [0.29, 0.717) is 5.69 Å². The van der Waals surface area contributed by atoms with E-state index < -0.39 is 5.97 Å². The molecule has 0 radical (unpaired) electrons. The molecule has 1 rings (SSSR count). The SMILES string of the molecule is Cc1c(Cl)c(C(=O)[O-])nn1C. The van der Waals surface area contributed by atoms with E-state index in [1.54, 1.807) is 14.0 Å². The summed E-state index contributed by atoms with van der Waals surface area (Å²) >= 11 is 5.60. The Morgan fingerprint density at radius 1 is 1.73 bits per heavy atom. The molecule has 0 spiro atoms. The molecule has 1 aromatic rings. The first kappa shape index (κ1) is 8.07. The van der Waals surface area contributed by atoms with Gasteiger partial charge >= 0.3 is 0 Å². The third kappa shape index (κ3) is 1.21. The van der Waals surface area contributed by atoms with Crippen molar-refractivity contribution in [3.05, 3.63) is 16.4 Å². The number of rotatable bonds is 1. The van der Waals surface area contributed by atoms with Crippen LogP contribution in [-0.2, 0) is 7.05 Å². The van der Waals surface area contributed by atoms with Crippen molar-refractivity contribution >= 4 is 17.6 Å². The average Bonchev–Trinajstić information content (AvgIpc) is 2.17. The lowest BCUT2D eigenvalue weighted by atomic mass is 10.4. The van der Waals surface area contributed by atoms with Gasteiger partial charge in [-0.25, -0.2) is 0 Å². The number of hydrogen-bond donors (Lipinski definition) is 0. The summed E-state index contributed by atoms with van der Waals surface area (Å²) in [5.74, 6) is -1.35. The van der Waals surface area contributed by atoms with E-state index in [9.17, 15) is 9.90 Å². The Bertz CT molecular complexity index is 306. The Labute approximate surface area is 68.4 Å². The smallest absolute Gasteiger partial charge is 0.127 e. The molecule has 4 nitrogen and oxygen atoms in total. The number of aromatic nitrogens is 2. The van der Waals surface area contributed by atoms with Crippen LogP contribution in [0.3, 0.4) is 0 Å². The standard InChI is InChI=1S/C6H7ClN2O2/c1-3-4(7)5(6(10)11)8-9(3)2/h1-2H3,(H,10,11)/p-1. The minimum Gasteiger partial charge on any atom is -0.543 e. The molecule has 0 aromatic carbocycles. The lowest BCUT2D eigenvalue weighted by molar-refractivity contribution is -0.255. The van der Waals surface area contributed by atoms with Crippen LogP contribution in [0.4, 0.5) is 0 Å². The van der Waals surface area contributed by atoms with Crippen molar-refractivity contribution in [1.29, 1.82) is 0 Å². The van der Waals surface area contributed by atoms with Crippen LogP contribution in [0.25, 0.3) is 0 Å². The second kappa shape index (κ2) is 2.54. The number of nitrogens with zero attached hydrogens (tertiary/aromatic N) is 2. The number of carboxylic acid groups (broad SMARTS) is 1. The summed E-state index contributed by atoms with van der Waals surface area (Å²) in [7, 11) is 1.62. The molecule has 0 aliphatic heterocycles. The summed E-state index contributed by atoms with van der Waals surface area (Å²) in [6.45, 7) is 1.68. The third-order valence-corrected chi connectivity index (χ3v) is 1.91. The monoisotopic (exact) mass is 173 g/mol. The van der Waals surface area contributed by atoms with Crippen molar-refractivity contribution in [2.45, 2.75) is 6.92 Å². The van der Waals surface area contributed by atoms with E-state index in [2.05, 4.69) is 5.10 Å². The maximum Gasteiger partial charge on any atom is 0.127 e. The topological polar surface area (TPSA) is 57.9 Å². The highest BCUT2D eigenvalue weighted by molar-refractivity contribution is 6.33. The number of aryl methyl sites for hydroxylation is 1. The Hall–Kier alpha value is -1.03. The van der Waals surface area contributed by atoms with E-state index >= 15 is 0 Å². The first-order chi connectivity index (χ1) is 5.04. The van der Waals surface area contributed by atoms with Crippen LogP contribution in [0, 0.1) is 6.92 Å². The lowest BCUT2D eigenvalue weighted by Crippen LogP contribution is -2.23. The van der Waals surface area contributed by atoms with Crippen LogP contribution >= 0.6 is 11.6 Å². The first-order valence-electron chi connectivity index (χ1n) is 2.94. The van der Waals surface area contributed by atoms with Gasteiger partial charge in [0, 0.05) is 7.05 Å². The van der Waals surface area contributed by atoms with Gasteiger partial charge in [-0.3, -0.25) is 4.68 Å². The molecule has 0 N–H and O–H groups in total. The van der Waals surface area contributed by atoms with Gasteiger partial charge in [-0.15, -0.1) is 0 Å². The Balaban J connectivity index is 3.29. The van der Waals surface area contributed by atoms with Crippen molar-refractivity contribution < 1.29 is 9.90 Å². The molecule has 0 bridgehead atoms. The maximum atomic E-state index is 10.3. The average molecular weight is 174 g/mol. The summed E-state index contributed by atoms with van der Waals surface area (Å²) in [6.07, 6.45) is 0. The zero-order valence-electron chi connectivity index (χ0n) is 6.09. The molecule has 0 amide bonds. The fraction of sp³-hybridized carbons (Fsp3) is 0.333. The van der Waals surface area contributed by atoms with Gasteiger partial charge in [0.15, 0.2) is 0 Å². The number of carboxylic acids is 1. The van der Waals surface area contributed by atoms with Crippen molar-refractivity contribution in [3.63, 3.8) is 0 Å². The summed E-state index contributed by atoms with van der Waals surface area (Å²) in [6, 6.07) is 0. The molecule has 0 aliphatic carbocycles. The van der Waals surface area contributed by atoms with Gasteiger partial charge < -0.3 is 9.90 Å². The minimum absolute atomic E-state index is 0.146. The second-order valence-corrected chi connectivity index (χ2v) is 2.54. The van der Waals surface area contributed by atoms with Crippen LogP contribution in [-0.4, -0.2) is 15.7 Å². The summed E-state index contributed by atoms with van der Waals surface area (Å²) in [4.78, 5) is 10.3. The van der Waals surface area contributed by atoms with Crippen molar-refractivity contribution in [3.8, 4) is 0 Å². The van der Waals surface area contributed by atoms with Crippen molar-refractivity contribution in [2.24, 2.45) is 7.05 Å². The summed E-state index contributed by atoms with van der Waals surface area (Å²) < 4.78 is 1.40. The molecule has 0 saturated carbocycles. The predicted molar refractivity (Wildman–Crippen MR) is 37.3 cm³/mol. The molecule has 5 heteroatoms. The fourth-order valence-electron chi connectivity index (χ4n) is 0.713. The minimum atomic E-state index is -1.35. The van der Waals surface area contributed by atoms with Gasteiger partial charge in [0.2, 0.25) is 0 Å². The molecule has 0 fully saturated rings. The molecule has 1 heterocycles. The van der Waals surface area contributed by atoms with Crippen LogP contribution < -0.4 is 5.11 Å². The first-order valence-corrected chi connectivity index (χ1v) is 3.32. The Kier molecular flexibility index (Phi) is 1.87. The fourth-order valence-corrected chi connectivity index (χ4v) is 0.950. The van der Waals surface area contributed by atoms with E-state index in [1.807, 2.05) is 0 Å². The van der Waals surface area contributed by atoms with Crippen molar-refractivity contribution in [1.82, 2.24) is 9.78 Å². The van der Waals surface area contributed by atoms with Gasteiger partial charge in [0.05, 0.1) is 16.7 Å². The largest absolute Gasteiger partial charge is 0.543 e. The van der Waals surface area contributed by atoms with E-state index in [1.165, 1.54) is 4.68 Å². The summed E-state index contributed by atoms with van der Waals surface area (Å²) in [5.41, 5.74) is 0.414. The second-order valence-electron chi connectivity index (χ2n) is 2.16. The molecular formula is C6H6ClN2O2-. The van der Waals surface area contributed by atoms with Crippen molar-refractivity contribution in [2.75, 3.05) is 0 Å². The molecule has 0 aliphatic rings. The molecule has 0 saturated heterocycles. The maximum absolute atomic E-state index is 10.3. The predicted octanol–water partition coefficient (Wildman–Crippen LogP) is -0.255. The van der Waals surface area contributed by atoms with Crippen LogP contribution in [0.5, 0.6) is 0 Å². The van der Waals surface area contributed by atoms with Gasteiger partial charge in [-0.1, -0.05) is 11.6 Å². The summed E-state index contributed by atoms with van der Waals surface area (Å²) in [5, 5.41) is 14.1. The van der Waals surface area contributed by atoms with Crippen LogP contribution in [0.1, 0.15) is 16.2 Å². The molecule has 60 valence electrons. The third-order valence-electron chi connectivity index (χ3n) is 1.45. The van der Waals surface area contributed by atoms with Crippen LogP contribution in [0.15, 0.2) is 0 Å². The van der Waals surface area contributed by atoms with E-state index in [-0.39, 0.29) is 10.7 Å². The van der Waals surface area contributed by atoms with Gasteiger partial charge in [0.1, 0.15) is 5.69 Å². The highest BCUT2D eigenvalue weighted by atomic mass is 35.5. The number of carbonyl (C=O) groups excluding carboxylic acids is 1. The zero-order chi connectivity index (χ0) is 8.59. The number of hydrogen-bond acceptors (Lipinski definition) is 3.